The molecule has 0 aliphatic heterocycles. The van der Waals surface area contributed by atoms with Gasteiger partial charge in [0.25, 0.3) is 5.91 Å². The number of nitrogens with one attached hydrogen (secondary N) is 2. The van der Waals surface area contributed by atoms with Crippen molar-refractivity contribution in [3.63, 3.8) is 0 Å². The highest BCUT2D eigenvalue weighted by atomic mass is 16.5. The van der Waals surface area contributed by atoms with Crippen molar-refractivity contribution in [3.8, 4) is 5.75 Å². The predicted molar refractivity (Wildman–Crippen MR) is 95.4 cm³/mol. The van der Waals surface area contributed by atoms with Crippen molar-refractivity contribution in [2.24, 2.45) is 5.10 Å². The first-order chi connectivity index (χ1) is 12.4. The van der Waals surface area contributed by atoms with E-state index in [0.29, 0.717) is 22.6 Å². The maximum atomic E-state index is 12.0. The number of aliphatic carboxylic acids is 1. The van der Waals surface area contributed by atoms with Crippen LogP contribution in [0.5, 0.6) is 5.75 Å². The highest BCUT2D eigenvalue weighted by Crippen LogP contribution is 2.12. The van der Waals surface area contributed by atoms with E-state index < -0.39 is 18.5 Å². The summed E-state index contributed by atoms with van der Waals surface area (Å²) in [6.07, 6.45) is 1.41. The van der Waals surface area contributed by atoms with Crippen LogP contribution in [-0.4, -0.2) is 35.7 Å². The van der Waals surface area contributed by atoms with Gasteiger partial charge in [-0.15, -0.1) is 0 Å². The van der Waals surface area contributed by atoms with Crippen LogP contribution in [0.1, 0.15) is 22.8 Å². The average Bonchev–Trinajstić information content (AvgIpc) is 2.60. The monoisotopic (exact) mass is 355 g/mol. The minimum absolute atomic E-state index is 0.193. The van der Waals surface area contributed by atoms with Crippen molar-refractivity contribution in [1.82, 2.24) is 5.43 Å². The zero-order valence-corrected chi connectivity index (χ0v) is 13.9. The Morgan fingerprint density at radius 3 is 2.54 bits per heavy atom. The summed E-state index contributed by atoms with van der Waals surface area (Å²) in [5, 5.41) is 15.1. The fourth-order valence-electron chi connectivity index (χ4n) is 1.97. The molecule has 0 radical (unpaired) electrons. The molecule has 0 unspecified atom stereocenters. The molecule has 134 valence electrons. The summed E-state index contributed by atoms with van der Waals surface area (Å²) >= 11 is 0. The highest BCUT2D eigenvalue weighted by molar-refractivity contribution is 5.96. The lowest BCUT2D eigenvalue weighted by molar-refractivity contribution is -0.139. The molecule has 0 fully saturated rings. The molecule has 3 N–H and O–H groups in total. The van der Waals surface area contributed by atoms with Crippen molar-refractivity contribution < 1.29 is 24.2 Å². The molecule has 0 heterocycles. The molecule has 2 aromatic rings. The largest absolute Gasteiger partial charge is 0.482 e. The Hall–Kier alpha value is -3.68. The number of carboxylic acid groups (broad SMARTS) is 1. The van der Waals surface area contributed by atoms with Crippen LogP contribution < -0.4 is 15.5 Å². The maximum absolute atomic E-state index is 12.0. The van der Waals surface area contributed by atoms with E-state index in [2.05, 4.69) is 15.8 Å². The van der Waals surface area contributed by atoms with Crippen molar-refractivity contribution in [3.05, 3.63) is 59.7 Å². The lowest BCUT2D eigenvalue weighted by Gasteiger charge is -2.04. The zero-order chi connectivity index (χ0) is 18.9. The third-order valence-corrected chi connectivity index (χ3v) is 3.07. The first kappa shape index (κ1) is 18.7. The van der Waals surface area contributed by atoms with E-state index in [1.165, 1.54) is 13.1 Å². The van der Waals surface area contributed by atoms with Crippen LogP contribution in [0.4, 0.5) is 5.69 Å². The highest BCUT2D eigenvalue weighted by Gasteiger charge is 2.04. The zero-order valence-electron chi connectivity index (χ0n) is 13.9. The number of hydrogen-bond acceptors (Lipinski definition) is 5. The van der Waals surface area contributed by atoms with Crippen LogP contribution in [0.25, 0.3) is 0 Å². The fourth-order valence-corrected chi connectivity index (χ4v) is 1.97. The van der Waals surface area contributed by atoms with E-state index in [1.807, 2.05) is 0 Å². The van der Waals surface area contributed by atoms with Crippen LogP contribution in [0.3, 0.4) is 0 Å². The second-order valence-electron chi connectivity index (χ2n) is 5.21. The van der Waals surface area contributed by atoms with Gasteiger partial charge in [-0.3, -0.25) is 9.59 Å². The molecular formula is C18H17N3O5. The van der Waals surface area contributed by atoms with Crippen LogP contribution >= 0.6 is 0 Å². The van der Waals surface area contributed by atoms with Gasteiger partial charge in [0.1, 0.15) is 5.75 Å². The molecule has 0 aromatic heterocycles. The summed E-state index contributed by atoms with van der Waals surface area (Å²) in [4.78, 5) is 33.5. The number of benzene rings is 2. The predicted octanol–water partition coefficient (Wildman–Crippen LogP) is 1.87. The Morgan fingerprint density at radius 1 is 1.15 bits per heavy atom. The lowest BCUT2D eigenvalue weighted by Crippen LogP contribution is -2.17. The van der Waals surface area contributed by atoms with Gasteiger partial charge in [-0.05, 0) is 42.0 Å². The van der Waals surface area contributed by atoms with Crippen LogP contribution in [0.15, 0.2) is 53.6 Å². The number of carbonyl (C=O) groups excluding carboxylic acids is 2. The number of hydrazone groups is 1. The van der Waals surface area contributed by atoms with Crippen molar-refractivity contribution >= 4 is 29.7 Å². The average molecular weight is 355 g/mol. The van der Waals surface area contributed by atoms with Gasteiger partial charge in [0.2, 0.25) is 5.91 Å². The van der Waals surface area contributed by atoms with Gasteiger partial charge in [-0.1, -0.05) is 12.1 Å². The Kier molecular flexibility index (Phi) is 6.44. The molecule has 0 bridgehead atoms. The number of hydrogen-bond donors (Lipinski definition) is 3. The topological polar surface area (TPSA) is 117 Å². The second-order valence-corrected chi connectivity index (χ2v) is 5.21. The third-order valence-electron chi connectivity index (χ3n) is 3.07. The molecule has 0 atom stereocenters. The Morgan fingerprint density at radius 2 is 1.88 bits per heavy atom. The summed E-state index contributed by atoms with van der Waals surface area (Å²) in [6.45, 7) is 0.961. The van der Waals surface area contributed by atoms with E-state index >= 15 is 0 Å². The lowest BCUT2D eigenvalue weighted by atomic mass is 10.2. The summed E-state index contributed by atoms with van der Waals surface area (Å²) in [7, 11) is 0. The smallest absolute Gasteiger partial charge is 0.341 e. The summed E-state index contributed by atoms with van der Waals surface area (Å²) in [5.74, 6) is -1.28. The number of carbonyl (C=O) groups is 3. The standard InChI is InChI=1S/C18H17N3O5/c1-12(22)20-15-7-5-14(6-8-15)18(25)21-19-10-13-3-2-4-16(9-13)26-11-17(23)24/h2-10H,11H2,1H3,(H,20,22)(H,21,25)(H,23,24)/b19-10-. The normalized spacial score (nSPS) is 10.3. The molecule has 0 spiro atoms. The number of nitrogens with zero attached hydrogens (tertiary/aromatic N) is 1. The van der Waals surface area contributed by atoms with Crippen LogP contribution in [0, 0.1) is 0 Å². The van der Waals surface area contributed by atoms with Gasteiger partial charge in [0.15, 0.2) is 6.61 Å². The quantitative estimate of drug-likeness (QED) is 0.518. The summed E-state index contributed by atoms with van der Waals surface area (Å²) < 4.78 is 5.06. The molecule has 8 heteroatoms. The molecule has 0 aliphatic carbocycles. The van der Waals surface area contributed by atoms with Crippen molar-refractivity contribution in [2.75, 3.05) is 11.9 Å². The molecule has 0 saturated carbocycles. The number of amides is 2. The summed E-state index contributed by atoms with van der Waals surface area (Å²) in [5.41, 5.74) is 4.00. The van der Waals surface area contributed by atoms with E-state index in [0.717, 1.165) is 0 Å². The molecule has 8 nitrogen and oxygen atoms in total. The molecule has 2 amide bonds. The van der Waals surface area contributed by atoms with Gasteiger partial charge >= 0.3 is 5.97 Å². The Bertz CT molecular complexity index is 831. The van der Waals surface area contributed by atoms with E-state index in [1.54, 1.807) is 48.5 Å². The molecule has 2 rings (SSSR count). The minimum Gasteiger partial charge on any atom is -0.482 e. The van der Waals surface area contributed by atoms with Gasteiger partial charge in [0.05, 0.1) is 6.21 Å². The first-order valence-electron chi connectivity index (χ1n) is 7.60. The minimum atomic E-state index is -1.07. The maximum Gasteiger partial charge on any atom is 0.341 e. The Balaban J connectivity index is 1.93. The van der Waals surface area contributed by atoms with E-state index in [9.17, 15) is 14.4 Å². The molecule has 0 aliphatic rings. The van der Waals surface area contributed by atoms with Gasteiger partial charge in [-0.2, -0.15) is 5.10 Å². The van der Waals surface area contributed by atoms with Crippen LogP contribution in [-0.2, 0) is 9.59 Å². The fraction of sp³-hybridized carbons (Fsp3) is 0.111. The van der Waals surface area contributed by atoms with Crippen molar-refractivity contribution in [1.29, 1.82) is 0 Å². The second kappa shape index (κ2) is 8.97. The number of ether oxygens (including phenoxy) is 1. The molecule has 2 aromatic carbocycles. The molecular weight excluding hydrogens is 338 g/mol. The van der Waals surface area contributed by atoms with E-state index in [4.69, 9.17) is 9.84 Å². The van der Waals surface area contributed by atoms with Crippen molar-refractivity contribution in [2.45, 2.75) is 6.92 Å². The van der Waals surface area contributed by atoms with Crippen LogP contribution in [0.2, 0.25) is 0 Å². The first-order valence-corrected chi connectivity index (χ1v) is 7.60. The van der Waals surface area contributed by atoms with Gasteiger partial charge in [0, 0.05) is 18.2 Å². The van der Waals surface area contributed by atoms with Gasteiger partial charge < -0.3 is 15.2 Å². The SMILES string of the molecule is CC(=O)Nc1ccc(C(=O)N/N=C\c2cccc(OCC(=O)O)c2)cc1. The Labute approximate surface area is 149 Å². The molecule has 0 saturated heterocycles. The summed E-state index contributed by atoms with van der Waals surface area (Å²) in [6, 6.07) is 13.0. The molecule has 26 heavy (non-hydrogen) atoms. The third kappa shape index (κ3) is 6.08. The van der Waals surface area contributed by atoms with Gasteiger partial charge in [-0.25, -0.2) is 10.2 Å². The van der Waals surface area contributed by atoms with E-state index in [-0.39, 0.29) is 5.91 Å². The number of rotatable bonds is 7. The number of carboxylic acids is 1. The number of anilines is 1.